The number of aryl methyl sites for hydroxylation is 2. The fraction of sp³-hybridized carbons (Fsp3) is 0.579. The molecular formula is C19H28N2O5S. The van der Waals surface area contributed by atoms with Crippen LogP contribution in [-0.4, -0.2) is 48.8 Å². The molecule has 0 saturated carbocycles. The molecule has 0 aliphatic carbocycles. The summed E-state index contributed by atoms with van der Waals surface area (Å²) in [6.07, 6.45) is 0.751. The van der Waals surface area contributed by atoms with Gasteiger partial charge in [0.15, 0.2) is 0 Å². The summed E-state index contributed by atoms with van der Waals surface area (Å²) in [7, 11) is -3.60. The molecule has 8 heteroatoms. The minimum absolute atomic E-state index is 0.226. The zero-order valence-electron chi connectivity index (χ0n) is 16.2. The highest BCUT2D eigenvalue weighted by Gasteiger charge is 2.34. The van der Waals surface area contributed by atoms with Crippen LogP contribution in [0, 0.1) is 25.7 Å². The zero-order valence-corrected chi connectivity index (χ0v) is 17.0. The number of rotatable bonds is 6. The predicted molar refractivity (Wildman–Crippen MR) is 102 cm³/mol. The van der Waals surface area contributed by atoms with Crippen LogP contribution < -0.4 is 5.32 Å². The van der Waals surface area contributed by atoms with Crippen LogP contribution in [0.3, 0.4) is 0 Å². The van der Waals surface area contributed by atoms with E-state index in [4.69, 9.17) is 0 Å². The van der Waals surface area contributed by atoms with Gasteiger partial charge in [0.25, 0.3) is 0 Å². The molecule has 0 aromatic heterocycles. The Morgan fingerprint density at radius 2 is 1.78 bits per heavy atom. The third-order valence-corrected chi connectivity index (χ3v) is 7.06. The van der Waals surface area contributed by atoms with E-state index in [0.29, 0.717) is 23.3 Å². The highest BCUT2D eigenvalue weighted by molar-refractivity contribution is 7.89. The smallest absolute Gasteiger partial charge is 0.326 e. The van der Waals surface area contributed by atoms with Gasteiger partial charge in [-0.25, -0.2) is 13.2 Å². The van der Waals surface area contributed by atoms with Gasteiger partial charge in [-0.2, -0.15) is 4.31 Å². The fourth-order valence-electron chi connectivity index (χ4n) is 3.37. The Morgan fingerprint density at radius 3 is 2.26 bits per heavy atom. The number of nitrogens with one attached hydrogen (secondary N) is 1. The van der Waals surface area contributed by atoms with E-state index in [1.54, 1.807) is 32.9 Å². The topological polar surface area (TPSA) is 104 Å². The average molecular weight is 397 g/mol. The molecule has 1 heterocycles. The van der Waals surface area contributed by atoms with Crippen LogP contribution in [0.2, 0.25) is 0 Å². The number of carboxylic acids is 1. The van der Waals surface area contributed by atoms with Gasteiger partial charge in [-0.15, -0.1) is 0 Å². The van der Waals surface area contributed by atoms with Gasteiger partial charge < -0.3 is 10.4 Å². The van der Waals surface area contributed by atoms with E-state index in [9.17, 15) is 23.1 Å². The number of carboxylic acid groups (broad SMARTS) is 1. The predicted octanol–water partition coefficient (Wildman–Crippen LogP) is 1.93. The Morgan fingerprint density at radius 1 is 1.19 bits per heavy atom. The lowest BCUT2D eigenvalue weighted by Crippen LogP contribution is -2.49. The number of nitrogens with zero attached hydrogens (tertiary/aromatic N) is 1. The van der Waals surface area contributed by atoms with Crippen LogP contribution in [-0.2, 0) is 19.6 Å². The molecule has 150 valence electrons. The van der Waals surface area contributed by atoms with E-state index in [1.165, 1.54) is 4.31 Å². The molecular weight excluding hydrogens is 368 g/mol. The van der Waals surface area contributed by atoms with Gasteiger partial charge >= 0.3 is 5.97 Å². The lowest BCUT2D eigenvalue weighted by molar-refractivity contribution is -0.144. The number of benzene rings is 1. The second kappa shape index (κ2) is 8.39. The summed E-state index contributed by atoms with van der Waals surface area (Å²) in [5.41, 5.74) is 1.70. The molecule has 1 saturated heterocycles. The number of aliphatic carboxylic acids is 1. The van der Waals surface area contributed by atoms with Crippen molar-refractivity contribution in [2.75, 3.05) is 13.1 Å². The van der Waals surface area contributed by atoms with Gasteiger partial charge in [-0.05, 0) is 44.2 Å². The first kappa shape index (κ1) is 21.4. The second-order valence-electron chi connectivity index (χ2n) is 7.52. The molecule has 27 heavy (non-hydrogen) atoms. The van der Waals surface area contributed by atoms with Crippen molar-refractivity contribution in [2.45, 2.75) is 51.5 Å². The molecule has 2 N–H and O–H groups in total. The van der Waals surface area contributed by atoms with Crippen LogP contribution in [0.15, 0.2) is 23.1 Å². The van der Waals surface area contributed by atoms with Crippen molar-refractivity contribution in [1.29, 1.82) is 0 Å². The molecule has 1 aliphatic rings. The molecule has 1 atom stereocenters. The molecule has 1 aliphatic heterocycles. The van der Waals surface area contributed by atoms with Crippen molar-refractivity contribution >= 4 is 21.9 Å². The Labute approximate surface area is 160 Å². The van der Waals surface area contributed by atoms with Crippen LogP contribution in [0.1, 0.15) is 37.8 Å². The van der Waals surface area contributed by atoms with Crippen LogP contribution in [0.4, 0.5) is 0 Å². The number of hydrogen-bond acceptors (Lipinski definition) is 4. The minimum atomic E-state index is -3.60. The maximum absolute atomic E-state index is 12.9. The summed E-state index contributed by atoms with van der Waals surface area (Å²) in [6, 6.07) is 4.30. The Hall–Kier alpha value is -1.93. The van der Waals surface area contributed by atoms with Gasteiger partial charge in [-0.3, -0.25) is 4.79 Å². The van der Waals surface area contributed by atoms with Gasteiger partial charge in [-0.1, -0.05) is 31.5 Å². The number of sulfonamides is 1. The molecule has 0 bridgehead atoms. The second-order valence-corrected chi connectivity index (χ2v) is 9.42. The molecule has 1 aromatic rings. The van der Waals surface area contributed by atoms with Crippen LogP contribution in [0.5, 0.6) is 0 Å². The standard InChI is InChI=1S/C19H28N2O5S/c1-12(2)17(19(23)24)20-18(22)15-7-9-21(10-8-15)27(25,26)16-6-5-13(3)11-14(16)4/h5-6,11-12,15,17H,7-10H2,1-4H3,(H,20,22)(H,23,24). The monoisotopic (exact) mass is 396 g/mol. The van der Waals surface area contributed by atoms with E-state index in [0.717, 1.165) is 5.56 Å². The number of piperidine rings is 1. The minimum Gasteiger partial charge on any atom is -0.480 e. The largest absolute Gasteiger partial charge is 0.480 e. The number of amides is 1. The maximum Gasteiger partial charge on any atom is 0.326 e. The summed E-state index contributed by atoms with van der Waals surface area (Å²) in [4.78, 5) is 23.9. The molecule has 0 spiro atoms. The van der Waals surface area contributed by atoms with Crippen LogP contribution >= 0.6 is 0 Å². The molecule has 1 unspecified atom stereocenters. The van der Waals surface area contributed by atoms with Crippen molar-refractivity contribution in [3.05, 3.63) is 29.3 Å². The van der Waals surface area contributed by atoms with Crippen molar-refractivity contribution < 1.29 is 23.1 Å². The number of carbonyl (C=O) groups excluding carboxylic acids is 1. The van der Waals surface area contributed by atoms with Gasteiger partial charge in [0.2, 0.25) is 15.9 Å². The molecule has 1 fully saturated rings. The molecule has 0 radical (unpaired) electrons. The summed E-state index contributed by atoms with van der Waals surface area (Å²) in [5.74, 6) is -1.99. The quantitative estimate of drug-likeness (QED) is 0.765. The molecule has 1 amide bonds. The highest BCUT2D eigenvalue weighted by Crippen LogP contribution is 2.26. The Bertz CT molecular complexity index is 811. The Balaban J connectivity index is 2.04. The van der Waals surface area contributed by atoms with E-state index < -0.39 is 22.0 Å². The first-order chi connectivity index (χ1) is 12.5. The molecule has 7 nitrogen and oxygen atoms in total. The van der Waals surface area contributed by atoms with E-state index >= 15 is 0 Å². The Kier molecular flexibility index (Phi) is 6.64. The first-order valence-electron chi connectivity index (χ1n) is 9.14. The van der Waals surface area contributed by atoms with Crippen molar-refractivity contribution in [1.82, 2.24) is 9.62 Å². The van der Waals surface area contributed by atoms with Crippen molar-refractivity contribution in [3.63, 3.8) is 0 Å². The third-order valence-electron chi connectivity index (χ3n) is 5.00. The van der Waals surface area contributed by atoms with E-state index in [1.807, 2.05) is 13.0 Å². The number of hydrogen-bond donors (Lipinski definition) is 2. The maximum atomic E-state index is 12.9. The third kappa shape index (κ3) is 4.87. The average Bonchev–Trinajstić information content (AvgIpc) is 2.58. The molecule has 2 rings (SSSR count). The normalized spacial score (nSPS) is 17.7. The summed E-state index contributed by atoms with van der Waals surface area (Å²) >= 11 is 0. The number of carbonyl (C=O) groups is 2. The lowest BCUT2D eigenvalue weighted by atomic mass is 9.95. The summed E-state index contributed by atoms with van der Waals surface area (Å²) < 4.78 is 27.2. The lowest BCUT2D eigenvalue weighted by Gasteiger charge is -2.31. The first-order valence-corrected chi connectivity index (χ1v) is 10.6. The van der Waals surface area contributed by atoms with Gasteiger partial charge in [0.1, 0.15) is 6.04 Å². The highest BCUT2D eigenvalue weighted by atomic mass is 32.2. The van der Waals surface area contributed by atoms with Gasteiger partial charge in [0.05, 0.1) is 4.90 Å². The summed E-state index contributed by atoms with van der Waals surface area (Å²) in [6.45, 7) is 7.64. The fourth-order valence-corrected chi connectivity index (χ4v) is 5.05. The van der Waals surface area contributed by atoms with E-state index in [-0.39, 0.29) is 30.8 Å². The van der Waals surface area contributed by atoms with Gasteiger partial charge in [0, 0.05) is 19.0 Å². The van der Waals surface area contributed by atoms with E-state index in [2.05, 4.69) is 5.32 Å². The summed E-state index contributed by atoms with van der Waals surface area (Å²) in [5, 5.41) is 11.8. The van der Waals surface area contributed by atoms with Crippen LogP contribution in [0.25, 0.3) is 0 Å². The SMILES string of the molecule is Cc1ccc(S(=O)(=O)N2CCC(C(=O)NC(C(=O)O)C(C)C)CC2)c(C)c1. The van der Waals surface area contributed by atoms with Crippen molar-refractivity contribution in [2.24, 2.45) is 11.8 Å². The van der Waals surface area contributed by atoms with Crippen molar-refractivity contribution in [3.8, 4) is 0 Å². The molecule has 1 aromatic carbocycles. The zero-order chi connectivity index (χ0) is 20.4.